The van der Waals surface area contributed by atoms with Gasteiger partial charge in [-0.15, -0.1) is 0 Å². The van der Waals surface area contributed by atoms with Gasteiger partial charge in [0.2, 0.25) is 0 Å². The van der Waals surface area contributed by atoms with E-state index in [1.165, 1.54) is 0 Å². The third-order valence-electron chi connectivity index (χ3n) is 2.62. The van der Waals surface area contributed by atoms with Crippen molar-refractivity contribution in [1.82, 2.24) is 0 Å². The molecule has 1 fully saturated rings. The summed E-state index contributed by atoms with van der Waals surface area (Å²) in [5.41, 5.74) is 2.29. The van der Waals surface area contributed by atoms with E-state index < -0.39 is 0 Å². The van der Waals surface area contributed by atoms with Gasteiger partial charge < -0.3 is 9.47 Å². The van der Waals surface area contributed by atoms with Crippen molar-refractivity contribution in [2.24, 2.45) is 5.92 Å². The lowest BCUT2D eigenvalue weighted by Gasteiger charge is -2.26. The summed E-state index contributed by atoms with van der Waals surface area (Å²) >= 11 is 0. The zero-order valence-corrected chi connectivity index (χ0v) is 9.03. The maximum absolute atomic E-state index is 5.73. The third kappa shape index (κ3) is 2.39. The van der Waals surface area contributed by atoms with Crippen molar-refractivity contribution < 1.29 is 9.47 Å². The average Bonchev–Trinajstić information content (AvgIpc) is 2.18. The lowest BCUT2D eigenvalue weighted by molar-refractivity contribution is -0.0509. The Labute approximate surface area is 90.5 Å². The van der Waals surface area contributed by atoms with Gasteiger partial charge in [-0.2, -0.15) is 0 Å². The molecule has 2 heteroatoms. The van der Waals surface area contributed by atoms with Crippen LogP contribution in [-0.4, -0.2) is 19.8 Å². The van der Waals surface area contributed by atoms with E-state index in [1.807, 2.05) is 18.2 Å². The summed E-state index contributed by atoms with van der Waals surface area (Å²) in [7, 11) is 0. The van der Waals surface area contributed by atoms with Gasteiger partial charge in [0, 0.05) is 5.92 Å². The van der Waals surface area contributed by atoms with Crippen LogP contribution in [0.3, 0.4) is 0 Å². The molecule has 0 atom stereocenters. The molecule has 2 rings (SSSR count). The molecule has 1 saturated heterocycles. The van der Waals surface area contributed by atoms with Crippen LogP contribution in [0.4, 0.5) is 0 Å². The first kappa shape index (κ1) is 10.2. The number of hydrogen-bond donors (Lipinski definition) is 0. The molecular weight excluding hydrogens is 188 g/mol. The van der Waals surface area contributed by atoms with Gasteiger partial charge in [0.1, 0.15) is 5.75 Å². The van der Waals surface area contributed by atoms with Crippen LogP contribution < -0.4 is 4.74 Å². The van der Waals surface area contributed by atoms with E-state index in [0.29, 0.717) is 5.92 Å². The first-order valence-corrected chi connectivity index (χ1v) is 5.23. The second-order valence-electron chi connectivity index (χ2n) is 3.94. The Morgan fingerprint density at radius 2 is 2.33 bits per heavy atom. The molecule has 0 bridgehead atoms. The van der Waals surface area contributed by atoms with Crippen molar-refractivity contribution in [3.05, 3.63) is 35.9 Å². The molecule has 0 radical (unpaired) electrons. The molecule has 0 N–H and O–H groups in total. The maximum Gasteiger partial charge on any atom is 0.122 e. The minimum Gasteiger partial charge on any atom is -0.493 e. The minimum atomic E-state index is 0.573. The van der Waals surface area contributed by atoms with Gasteiger partial charge in [-0.3, -0.25) is 0 Å². The maximum atomic E-state index is 5.73. The molecule has 2 nitrogen and oxygen atoms in total. The molecule has 1 heterocycles. The SMILES string of the molecule is C=Cc1ccc(OCC2COC2)c(C)c1. The van der Waals surface area contributed by atoms with Gasteiger partial charge in [-0.05, 0) is 30.2 Å². The fourth-order valence-electron chi connectivity index (χ4n) is 1.55. The van der Waals surface area contributed by atoms with E-state index in [9.17, 15) is 0 Å². The van der Waals surface area contributed by atoms with Crippen molar-refractivity contribution >= 4 is 6.08 Å². The summed E-state index contributed by atoms with van der Waals surface area (Å²) in [4.78, 5) is 0. The van der Waals surface area contributed by atoms with E-state index in [-0.39, 0.29) is 0 Å². The third-order valence-corrected chi connectivity index (χ3v) is 2.62. The smallest absolute Gasteiger partial charge is 0.122 e. The topological polar surface area (TPSA) is 18.5 Å². The summed E-state index contributed by atoms with van der Waals surface area (Å²) < 4.78 is 10.8. The summed E-state index contributed by atoms with van der Waals surface area (Å²) in [5.74, 6) is 1.54. The Bertz CT molecular complexity index is 354. The van der Waals surface area contributed by atoms with Crippen molar-refractivity contribution in [1.29, 1.82) is 0 Å². The molecule has 80 valence electrons. The fourth-order valence-corrected chi connectivity index (χ4v) is 1.55. The number of rotatable bonds is 4. The summed E-state index contributed by atoms with van der Waals surface area (Å²) in [6.07, 6.45) is 1.84. The Hall–Kier alpha value is -1.28. The highest BCUT2D eigenvalue weighted by molar-refractivity contribution is 5.51. The average molecular weight is 204 g/mol. The van der Waals surface area contributed by atoms with Gasteiger partial charge in [0.25, 0.3) is 0 Å². The number of aryl methyl sites for hydroxylation is 1. The largest absolute Gasteiger partial charge is 0.493 e. The van der Waals surface area contributed by atoms with E-state index >= 15 is 0 Å². The summed E-state index contributed by atoms with van der Waals surface area (Å²) in [6, 6.07) is 6.11. The van der Waals surface area contributed by atoms with Crippen molar-refractivity contribution in [2.45, 2.75) is 6.92 Å². The van der Waals surface area contributed by atoms with Gasteiger partial charge in [0.15, 0.2) is 0 Å². The van der Waals surface area contributed by atoms with Crippen LogP contribution in [0, 0.1) is 12.8 Å². The van der Waals surface area contributed by atoms with Crippen molar-refractivity contribution in [2.75, 3.05) is 19.8 Å². The van der Waals surface area contributed by atoms with Crippen molar-refractivity contribution in [3.8, 4) is 5.75 Å². The number of benzene rings is 1. The van der Waals surface area contributed by atoms with Gasteiger partial charge >= 0.3 is 0 Å². The van der Waals surface area contributed by atoms with E-state index in [1.54, 1.807) is 0 Å². The Balaban J connectivity index is 1.97. The second kappa shape index (κ2) is 4.49. The molecule has 1 aliphatic heterocycles. The normalized spacial score (nSPS) is 15.8. The predicted molar refractivity (Wildman–Crippen MR) is 61.1 cm³/mol. The Morgan fingerprint density at radius 3 is 2.87 bits per heavy atom. The van der Waals surface area contributed by atoms with Gasteiger partial charge in [-0.25, -0.2) is 0 Å². The molecule has 0 aromatic heterocycles. The van der Waals surface area contributed by atoms with Gasteiger partial charge in [-0.1, -0.05) is 18.7 Å². The van der Waals surface area contributed by atoms with Crippen LogP contribution in [0.1, 0.15) is 11.1 Å². The molecule has 0 unspecified atom stereocenters. The standard InChI is InChI=1S/C13H16O2/c1-3-11-4-5-13(10(2)6-11)15-9-12-7-14-8-12/h3-6,12H,1,7-9H2,2H3. The molecular formula is C13H16O2. The molecule has 0 saturated carbocycles. The predicted octanol–water partition coefficient (Wildman–Crippen LogP) is 2.66. The highest BCUT2D eigenvalue weighted by atomic mass is 16.5. The highest BCUT2D eigenvalue weighted by Gasteiger charge is 2.19. The molecule has 15 heavy (non-hydrogen) atoms. The first-order valence-electron chi connectivity index (χ1n) is 5.23. The molecule has 1 aromatic rings. The molecule has 0 aliphatic carbocycles. The van der Waals surface area contributed by atoms with Crippen LogP contribution >= 0.6 is 0 Å². The second-order valence-corrected chi connectivity index (χ2v) is 3.94. The zero-order valence-electron chi connectivity index (χ0n) is 9.03. The molecule has 0 amide bonds. The summed E-state index contributed by atoms with van der Waals surface area (Å²) in [6.45, 7) is 8.23. The van der Waals surface area contributed by atoms with E-state index in [2.05, 4.69) is 19.6 Å². The molecule has 0 spiro atoms. The van der Waals surface area contributed by atoms with Crippen LogP contribution in [0.5, 0.6) is 5.75 Å². The Morgan fingerprint density at radius 1 is 1.53 bits per heavy atom. The molecule has 1 aliphatic rings. The first-order chi connectivity index (χ1) is 7.29. The van der Waals surface area contributed by atoms with E-state index in [4.69, 9.17) is 9.47 Å². The minimum absolute atomic E-state index is 0.573. The van der Waals surface area contributed by atoms with Crippen molar-refractivity contribution in [3.63, 3.8) is 0 Å². The van der Waals surface area contributed by atoms with Crippen LogP contribution in [0.25, 0.3) is 6.08 Å². The van der Waals surface area contributed by atoms with Crippen LogP contribution in [-0.2, 0) is 4.74 Å². The van der Waals surface area contributed by atoms with Crippen LogP contribution in [0.15, 0.2) is 24.8 Å². The Kier molecular flexibility index (Phi) is 3.07. The van der Waals surface area contributed by atoms with Crippen LogP contribution in [0.2, 0.25) is 0 Å². The highest BCUT2D eigenvalue weighted by Crippen LogP contribution is 2.21. The summed E-state index contributed by atoms with van der Waals surface area (Å²) in [5, 5.41) is 0. The lowest BCUT2D eigenvalue weighted by Crippen LogP contribution is -2.32. The fraction of sp³-hybridized carbons (Fsp3) is 0.385. The number of hydrogen-bond acceptors (Lipinski definition) is 2. The lowest BCUT2D eigenvalue weighted by atomic mass is 10.1. The zero-order chi connectivity index (χ0) is 10.7. The number of ether oxygens (including phenoxy) is 2. The monoisotopic (exact) mass is 204 g/mol. The van der Waals surface area contributed by atoms with Gasteiger partial charge in [0.05, 0.1) is 19.8 Å². The quantitative estimate of drug-likeness (QED) is 0.750. The van der Waals surface area contributed by atoms with E-state index in [0.717, 1.165) is 36.7 Å². The molecule has 1 aromatic carbocycles.